The molecule has 11 heteroatoms. The number of aryl methyl sites for hydroxylation is 1. The van der Waals surface area contributed by atoms with Crippen molar-refractivity contribution in [2.75, 3.05) is 49.7 Å². The third-order valence-electron chi connectivity index (χ3n) is 7.55. The molecule has 0 unspecified atom stereocenters. The molecule has 0 spiro atoms. The van der Waals surface area contributed by atoms with E-state index < -0.39 is 10.0 Å². The number of ether oxygens (including phenoxy) is 2. The van der Waals surface area contributed by atoms with Crippen molar-refractivity contribution in [2.45, 2.75) is 64.1 Å². The first-order chi connectivity index (χ1) is 19.8. The summed E-state index contributed by atoms with van der Waals surface area (Å²) in [6, 6.07) is 4.11. The number of anilines is 1. The molecule has 3 aromatic heterocycles. The van der Waals surface area contributed by atoms with E-state index in [4.69, 9.17) is 14.5 Å². The second-order valence-corrected chi connectivity index (χ2v) is 16.4. The highest BCUT2D eigenvalue weighted by Gasteiger charge is 2.25. The summed E-state index contributed by atoms with van der Waals surface area (Å²) in [5.74, 6) is 1.21. The van der Waals surface area contributed by atoms with Crippen molar-refractivity contribution >= 4 is 27.4 Å². The summed E-state index contributed by atoms with van der Waals surface area (Å²) in [5.41, 5.74) is 2.89. The van der Waals surface area contributed by atoms with E-state index in [9.17, 15) is 9.59 Å². The Labute approximate surface area is 243 Å². The Morgan fingerprint density at radius 1 is 1.07 bits per heavy atom. The Kier molecular flexibility index (Phi) is 9.57. The van der Waals surface area contributed by atoms with Gasteiger partial charge >= 0.3 is 0 Å². The first-order valence-electron chi connectivity index (χ1n) is 14.5. The Bertz CT molecular complexity index is 1360. The quantitative estimate of drug-likeness (QED) is 0.402. The summed E-state index contributed by atoms with van der Waals surface area (Å²) >= 11 is 0. The molecule has 0 aromatic carbocycles. The van der Waals surface area contributed by atoms with Gasteiger partial charge in [0.2, 0.25) is 0 Å². The molecule has 0 atom stereocenters. The minimum Gasteiger partial charge on any atom is -0.381 e. The largest absolute Gasteiger partial charge is 0.381 e. The number of Topliss-reactive ketones (excluding diaryl/α,β-unsaturated/α-hetero) is 1. The molecule has 1 fully saturated rings. The zero-order chi connectivity index (χ0) is 28.8. The van der Waals surface area contributed by atoms with Gasteiger partial charge in [0.05, 0.1) is 18.3 Å². The molecule has 5 rings (SSSR count). The van der Waals surface area contributed by atoms with Crippen molar-refractivity contribution < 1.29 is 19.1 Å². The monoisotopic (exact) mass is 582 g/mol. The topological polar surface area (TPSA) is 113 Å². The maximum absolute atomic E-state index is 13.6. The van der Waals surface area contributed by atoms with Crippen molar-refractivity contribution in [1.82, 2.24) is 24.3 Å². The molecule has 0 radical (unpaired) electrons. The minimum absolute atomic E-state index is 0.0515. The van der Waals surface area contributed by atoms with Gasteiger partial charge in [0.15, 0.2) is 11.5 Å². The molecule has 10 nitrogen and oxygen atoms in total. The number of imidazole rings is 1. The van der Waals surface area contributed by atoms with E-state index in [-0.39, 0.29) is 30.2 Å². The summed E-state index contributed by atoms with van der Waals surface area (Å²) in [4.78, 5) is 36.2. The van der Waals surface area contributed by atoms with Crippen LogP contribution in [0.2, 0.25) is 0 Å². The first kappa shape index (κ1) is 29.5. The van der Waals surface area contributed by atoms with Crippen molar-refractivity contribution in [3.8, 4) is 11.4 Å². The SMILES string of the molecule is CS(C)(C)CCOCn1cc2nc1-c1ccnc(c1)CCCCCCC(=O)c1nn(C3CCOCC3)cc1NC2=O. The number of fused-ring (bicyclic) bond motifs is 6. The van der Waals surface area contributed by atoms with Crippen LogP contribution in [-0.4, -0.2) is 80.3 Å². The normalized spacial score (nSPS) is 18.0. The van der Waals surface area contributed by atoms with Crippen LogP contribution in [0.1, 0.15) is 77.7 Å². The van der Waals surface area contributed by atoms with E-state index in [2.05, 4.69) is 40.2 Å². The Morgan fingerprint density at radius 3 is 2.63 bits per heavy atom. The second-order valence-electron chi connectivity index (χ2n) is 11.8. The Balaban J connectivity index is 1.46. The van der Waals surface area contributed by atoms with Gasteiger partial charge in [0.25, 0.3) is 5.91 Å². The Morgan fingerprint density at radius 2 is 1.85 bits per heavy atom. The molecule has 0 aliphatic carbocycles. The molecule has 1 N–H and O–H groups in total. The van der Waals surface area contributed by atoms with Crippen LogP contribution in [0.25, 0.3) is 11.4 Å². The predicted octanol–water partition coefficient (Wildman–Crippen LogP) is 5.10. The van der Waals surface area contributed by atoms with Crippen molar-refractivity contribution in [1.29, 1.82) is 0 Å². The highest BCUT2D eigenvalue weighted by atomic mass is 32.3. The summed E-state index contributed by atoms with van der Waals surface area (Å²) in [7, 11) is -0.678. The van der Waals surface area contributed by atoms with Crippen LogP contribution in [0, 0.1) is 0 Å². The third kappa shape index (κ3) is 7.84. The molecule has 2 aliphatic heterocycles. The number of hydrogen-bond donors (Lipinski definition) is 1. The van der Waals surface area contributed by atoms with Gasteiger partial charge < -0.3 is 19.4 Å². The molecule has 41 heavy (non-hydrogen) atoms. The van der Waals surface area contributed by atoms with Gasteiger partial charge in [-0.15, -0.1) is 0 Å². The highest BCUT2D eigenvalue weighted by Crippen LogP contribution is 2.33. The van der Waals surface area contributed by atoms with Crippen molar-refractivity contribution in [2.24, 2.45) is 0 Å². The number of nitrogens with zero attached hydrogens (tertiary/aromatic N) is 5. The number of amides is 1. The predicted molar refractivity (Wildman–Crippen MR) is 162 cm³/mol. The maximum atomic E-state index is 13.6. The average molecular weight is 583 g/mol. The lowest BCUT2D eigenvalue weighted by Crippen LogP contribution is -2.20. The molecule has 4 bridgehead atoms. The van der Waals surface area contributed by atoms with Crippen LogP contribution in [0.15, 0.2) is 30.7 Å². The lowest BCUT2D eigenvalue weighted by molar-refractivity contribution is 0.0660. The van der Waals surface area contributed by atoms with Crippen molar-refractivity contribution in [3.63, 3.8) is 0 Å². The van der Waals surface area contributed by atoms with E-state index >= 15 is 0 Å². The third-order valence-corrected chi connectivity index (χ3v) is 8.94. The van der Waals surface area contributed by atoms with Crippen LogP contribution < -0.4 is 5.32 Å². The van der Waals surface area contributed by atoms with E-state index in [1.54, 1.807) is 18.6 Å². The van der Waals surface area contributed by atoms with E-state index in [0.29, 0.717) is 43.4 Å². The summed E-state index contributed by atoms with van der Waals surface area (Å²) in [5, 5.41) is 7.64. The second kappa shape index (κ2) is 13.3. The summed E-state index contributed by atoms with van der Waals surface area (Å²) in [6.07, 6.45) is 18.7. The fraction of sp³-hybridized carbons (Fsp3) is 0.567. The lowest BCUT2D eigenvalue weighted by Gasteiger charge is -2.24. The summed E-state index contributed by atoms with van der Waals surface area (Å²) < 4.78 is 15.3. The van der Waals surface area contributed by atoms with Crippen LogP contribution in [0.4, 0.5) is 5.69 Å². The molecule has 0 saturated carbocycles. The number of carbonyl (C=O) groups excluding carboxylic acids is 2. The van der Waals surface area contributed by atoms with Gasteiger partial charge in [-0.1, -0.05) is 12.8 Å². The number of carbonyl (C=O) groups is 2. The van der Waals surface area contributed by atoms with Gasteiger partial charge in [-0.3, -0.25) is 19.3 Å². The number of nitrogens with one attached hydrogen (secondary N) is 1. The zero-order valence-corrected chi connectivity index (χ0v) is 25.3. The minimum atomic E-state index is -0.678. The fourth-order valence-corrected chi connectivity index (χ4v) is 5.77. The fourth-order valence-electron chi connectivity index (χ4n) is 5.16. The Hall–Kier alpha value is -3.02. The molecule has 1 saturated heterocycles. The molecule has 3 aromatic rings. The zero-order valence-electron chi connectivity index (χ0n) is 24.4. The molecule has 222 valence electrons. The highest BCUT2D eigenvalue weighted by molar-refractivity contribution is 8.32. The molecule has 1 amide bonds. The standard InChI is InChI=1S/C30H42N6O4S/c1-41(2,3)17-16-40-21-35-19-26-30(38)33-25-20-36(24-11-14-39-15-12-24)34-28(25)27(37)9-7-5-4-6-8-23-18-22(10-13-31-23)29(35)32-26/h10,13,18-20,24H,4-9,11-12,14-17,21H2,1-3H3,(H,33,38). The summed E-state index contributed by atoms with van der Waals surface area (Å²) in [6.45, 7) is 2.24. The first-order valence-corrected chi connectivity index (χ1v) is 17.6. The van der Waals surface area contributed by atoms with Gasteiger partial charge in [-0.2, -0.15) is 5.10 Å². The average Bonchev–Trinajstić information content (AvgIpc) is 3.57. The maximum Gasteiger partial charge on any atom is 0.275 e. The molecule has 5 heterocycles. The van der Waals surface area contributed by atoms with Gasteiger partial charge in [-0.05, 0) is 63.0 Å². The molecule has 2 aliphatic rings. The van der Waals surface area contributed by atoms with Gasteiger partial charge in [0, 0.05) is 55.2 Å². The number of pyridine rings is 1. The van der Waals surface area contributed by atoms with E-state index in [0.717, 1.165) is 62.0 Å². The van der Waals surface area contributed by atoms with E-state index in [1.807, 2.05) is 15.3 Å². The van der Waals surface area contributed by atoms with Crippen LogP contribution in [-0.2, 0) is 22.6 Å². The molecular weight excluding hydrogens is 540 g/mol. The van der Waals surface area contributed by atoms with Crippen molar-refractivity contribution in [3.05, 3.63) is 47.8 Å². The van der Waals surface area contributed by atoms with Gasteiger partial charge in [-0.25, -0.2) is 15.0 Å². The lowest BCUT2D eigenvalue weighted by atomic mass is 10.0. The number of hydrogen-bond acceptors (Lipinski definition) is 7. The number of rotatable bonds is 6. The van der Waals surface area contributed by atoms with Crippen LogP contribution >= 0.6 is 10.0 Å². The smallest absolute Gasteiger partial charge is 0.275 e. The number of aromatic nitrogens is 5. The van der Waals surface area contributed by atoms with Crippen LogP contribution in [0.3, 0.4) is 0 Å². The molecular formula is C30H42N6O4S. The van der Waals surface area contributed by atoms with Crippen LogP contribution in [0.5, 0.6) is 0 Å². The van der Waals surface area contributed by atoms with Gasteiger partial charge in [0.1, 0.15) is 18.2 Å². The van der Waals surface area contributed by atoms with E-state index in [1.165, 1.54) is 0 Å². The number of ketones is 1.